The SMILES string of the molecule is C#CC(CC)NCCn1cccn1. The summed E-state index contributed by atoms with van der Waals surface area (Å²) in [5.74, 6) is 2.69. The number of nitrogens with one attached hydrogen (secondary N) is 1. The quantitative estimate of drug-likeness (QED) is 0.677. The molecule has 3 nitrogen and oxygen atoms in total. The van der Waals surface area contributed by atoms with Crippen LogP contribution in [0, 0.1) is 12.3 Å². The summed E-state index contributed by atoms with van der Waals surface area (Å²) in [5.41, 5.74) is 0. The van der Waals surface area contributed by atoms with Crippen molar-refractivity contribution in [3.8, 4) is 12.3 Å². The van der Waals surface area contributed by atoms with Gasteiger partial charge in [-0.3, -0.25) is 4.68 Å². The number of hydrogen-bond donors (Lipinski definition) is 1. The molecule has 0 saturated heterocycles. The molecule has 0 bridgehead atoms. The zero-order chi connectivity index (χ0) is 9.52. The van der Waals surface area contributed by atoms with Crippen LogP contribution >= 0.6 is 0 Å². The van der Waals surface area contributed by atoms with Crippen molar-refractivity contribution >= 4 is 0 Å². The van der Waals surface area contributed by atoms with Crippen molar-refractivity contribution in [1.82, 2.24) is 15.1 Å². The Kier molecular flexibility index (Phi) is 4.07. The monoisotopic (exact) mass is 177 g/mol. The van der Waals surface area contributed by atoms with Gasteiger partial charge in [-0.15, -0.1) is 6.42 Å². The zero-order valence-corrected chi connectivity index (χ0v) is 7.90. The minimum atomic E-state index is 0.190. The third kappa shape index (κ3) is 3.30. The van der Waals surface area contributed by atoms with Crippen molar-refractivity contribution in [1.29, 1.82) is 0 Å². The first-order chi connectivity index (χ1) is 6.36. The van der Waals surface area contributed by atoms with Crippen LogP contribution in [0.1, 0.15) is 13.3 Å². The van der Waals surface area contributed by atoms with Crippen molar-refractivity contribution in [2.24, 2.45) is 0 Å². The molecule has 13 heavy (non-hydrogen) atoms. The number of aromatic nitrogens is 2. The molecule has 0 aliphatic heterocycles. The van der Waals surface area contributed by atoms with E-state index in [9.17, 15) is 0 Å². The standard InChI is InChI=1S/C10H15N3/c1-3-10(4-2)11-7-9-13-8-5-6-12-13/h1,5-6,8,10-11H,4,7,9H2,2H3. The van der Waals surface area contributed by atoms with Gasteiger partial charge in [-0.25, -0.2) is 0 Å². The highest BCUT2D eigenvalue weighted by Crippen LogP contribution is 1.88. The van der Waals surface area contributed by atoms with E-state index >= 15 is 0 Å². The number of hydrogen-bond acceptors (Lipinski definition) is 2. The van der Waals surface area contributed by atoms with E-state index in [1.54, 1.807) is 6.20 Å². The van der Waals surface area contributed by atoms with Gasteiger partial charge >= 0.3 is 0 Å². The Morgan fingerprint density at radius 2 is 2.54 bits per heavy atom. The van der Waals surface area contributed by atoms with Gasteiger partial charge in [0.2, 0.25) is 0 Å². The molecule has 0 radical (unpaired) electrons. The molecular weight excluding hydrogens is 162 g/mol. The Hall–Kier alpha value is -1.27. The zero-order valence-electron chi connectivity index (χ0n) is 7.90. The van der Waals surface area contributed by atoms with Crippen LogP contribution in [-0.2, 0) is 6.54 Å². The van der Waals surface area contributed by atoms with Crippen LogP contribution in [0.2, 0.25) is 0 Å². The van der Waals surface area contributed by atoms with Crippen molar-refractivity contribution in [3.63, 3.8) is 0 Å². The maximum Gasteiger partial charge on any atom is 0.0684 e. The Bertz CT molecular complexity index is 258. The van der Waals surface area contributed by atoms with Crippen molar-refractivity contribution in [2.75, 3.05) is 6.54 Å². The molecule has 1 atom stereocenters. The van der Waals surface area contributed by atoms with Crippen LogP contribution < -0.4 is 5.32 Å². The molecule has 0 aromatic carbocycles. The third-order valence-electron chi connectivity index (χ3n) is 1.90. The molecule has 1 unspecified atom stereocenters. The third-order valence-corrected chi connectivity index (χ3v) is 1.90. The van der Waals surface area contributed by atoms with Crippen LogP contribution in [0.3, 0.4) is 0 Å². The Labute approximate surface area is 79.1 Å². The van der Waals surface area contributed by atoms with Gasteiger partial charge in [-0.1, -0.05) is 12.8 Å². The normalized spacial score (nSPS) is 12.3. The molecule has 1 rings (SSSR count). The Morgan fingerprint density at radius 3 is 3.08 bits per heavy atom. The smallest absolute Gasteiger partial charge is 0.0684 e. The second-order valence-corrected chi connectivity index (χ2v) is 2.85. The van der Waals surface area contributed by atoms with Gasteiger partial charge in [0.05, 0.1) is 12.6 Å². The average Bonchev–Trinajstić information content (AvgIpc) is 2.65. The molecule has 0 spiro atoms. The average molecular weight is 177 g/mol. The van der Waals surface area contributed by atoms with Crippen LogP contribution in [0.15, 0.2) is 18.5 Å². The minimum Gasteiger partial charge on any atom is -0.302 e. The molecule has 3 heteroatoms. The number of terminal acetylenes is 1. The number of rotatable bonds is 5. The van der Waals surface area contributed by atoms with E-state index in [0.29, 0.717) is 0 Å². The van der Waals surface area contributed by atoms with E-state index in [2.05, 4.69) is 23.3 Å². The van der Waals surface area contributed by atoms with E-state index in [0.717, 1.165) is 19.5 Å². The second-order valence-electron chi connectivity index (χ2n) is 2.85. The maximum absolute atomic E-state index is 5.31. The molecule has 0 fully saturated rings. The van der Waals surface area contributed by atoms with E-state index in [4.69, 9.17) is 6.42 Å². The van der Waals surface area contributed by atoms with Crippen LogP contribution in [-0.4, -0.2) is 22.4 Å². The fourth-order valence-electron chi connectivity index (χ4n) is 1.11. The highest BCUT2D eigenvalue weighted by atomic mass is 15.3. The van der Waals surface area contributed by atoms with E-state index < -0.39 is 0 Å². The van der Waals surface area contributed by atoms with Gasteiger partial charge in [-0.2, -0.15) is 5.10 Å². The van der Waals surface area contributed by atoms with Gasteiger partial charge < -0.3 is 5.32 Å². The van der Waals surface area contributed by atoms with Crippen molar-refractivity contribution < 1.29 is 0 Å². The summed E-state index contributed by atoms with van der Waals surface area (Å²) < 4.78 is 1.89. The highest BCUT2D eigenvalue weighted by molar-refractivity contribution is 4.97. The summed E-state index contributed by atoms with van der Waals surface area (Å²) in [6.07, 6.45) is 9.99. The first-order valence-corrected chi connectivity index (χ1v) is 4.53. The molecule has 1 heterocycles. The summed E-state index contributed by atoms with van der Waals surface area (Å²) in [7, 11) is 0. The predicted octanol–water partition coefficient (Wildman–Crippen LogP) is 0.884. The maximum atomic E-state index is 5.31. The van der Waals surface area contributed by atoms with Gasteiger partial charge in [0.1, 0.15) is 0 Å². The first kappa shape index (κ1) is 9.82. The number of nitrogens with zero attached hydrogens (tertiary/aromatic N) is 2. The molecule has 1 aromatic rings. The summed E-state index contributed by atoms with van der Waals surface area (Å²) in [6, 6.07) is 2.11. The first-order valence-electron chi connectivity index (χ1n) is 4.53. The molecule has 0 aliphatic carbocycles. The lowest BCUT2D eigenvalue weighted by atomic mass is 10.2. The highest BCUT2D eigenvalue weighted by Gasteiger charge is 1.98. The fourth-order valence-corrected chi connectivity index (χ4v) is 1.11. The second kappa shape index (κ2) is 5.39. The molecule has 0 saturated carbocycles. The molecule has 0 aliphatic rings. The summed E-state index contributed by atoms with van der Waals surface area (Å²) >= 11 is 0. The van der Waals surface area contributed by atoms with Crippen LogP contribution in [0.5, 0.6) is 0 Å². The molecule has 1 N–H and O–H groups in total. The van der Waals surface area contributed by atoms with Gasteiger partial charge in [0, 0.05) is 18.9 Å². The summed E-state index contributed by atoms with van der Waals surface area (Å²) in [4.78, 5) is 0. The Morgan fingerprint density at radius 1 is 1.69 bits per heavy atom. The van der Waals surface area contributed by atoms with Crippen molar-refractivity contribution in [2.45, 2.75) is 25.9 Å². The minimum absolute atomic E-state index is 0.190. The fraction of sp³-hybridized carbons (Fsp3) is 0.500. The molecular formula is C10H15N3. The lowest BCUT2D eigenvalue weighted by Crippen LogP contribution is -2.30. The van der Waals surface area contributed by atoms with Crippen LogP contribution in [0.4, 0.5) is 0 Å². The van der Waals surface area contributed by atoms with E-state index in [1.807, 2.05) is 16.9 Å². The summed E-state index contributed by atoms with van der Waals surface area (Å²) in [5, 5.41) is 7.35. The van der Waals surface area contributed by atoms with Gasteiger partial charge in [-0.05, 0) is 12.5 Å². The Balaban J connectivity index is 2.18. The van der Waals surface area contributed by atoms with Crippen molar-refractivity contribution in [3.05, 3.63) is 18.5 Å². The van der Waals surface area contributed by atoms with E-state index in [-0.39, 0.29) is 6.04 Å². The van der Waals surface area contributed by atoms with E-state index in [1.165, 1.54) is 0 Å². The van der Waals surface area contributed by atoms with Gasteiger partial charge in [0.25, 0.3) is 0 Å². The predicted molar refractivity (Wildman–Crippen MR) is 53.1 cm³/mol. The summed E-state index contributed by atoms with van der Waals surface area (Å²) in [6.45, 7) is 3.81. The molecule has 0 amide bonds. The topological polar surface area (TPSA) is 29.9 Å². The largest absolute Gasteiger partial charge is 0.302 e. The lowest BCUT2D eigenvalue weighted by Gasteiger charge is -2.09. The lowest BCUT2D eigenvalue weighted by molar-refractivity contribution is 0.519. The van der Waals surface area contributed by atoms with Gasteiger partial charge in [0.15, 0.2) is 0 Å². The molecule has 70 valence electrons. The molecule has 1 aromatic heterocycles. The van der Waals surface area contributed by atoms with Crippen LogP contribution in [0.25, 0.3) is 0 Å².